The molecule has 0 bridgehead atoms. The number of nitrogen functional groups attached to an aromatic ring is 1. The summed E-state index contributed by atoms with van der Waals surface area (Å²) in [5, 5.41) is 0.553. The molecular formula is C15H16ClNOS. The predicted molar refractivity (Wildman–Crippen MR) is 81.9 cm³/mol. The molecule has 0 aromatic heterocycles. The van der Waals surface area contributed by atoms with E-state index in [-0.39, 0.29) is 0 Å². The van der Waals surface area contributed by atoms with Crippen LogP contribution in [0.5, 0.6) is 0 Å². The van der Waals surface area contributed by atoms with Crippen molar-refractivity contribution < 1.29 is 4.21 Å². The molecular weight excluding hydrogens is 278 g/mol. The summed E-state index contributed by atoms with van der Waals surface area (Å²) in [4.78, 5) is 0.603. The number of hydrogen-bond donors (Lipinski definition) is 1. The third kappa shape index (κ3) is 3.37. The van der Waals surface area contributed by atoms with Crippen molar-refractivity contribution >= 4 is 28.1 Å². The summed E-state index contributed by atoms with van der Waals surface area (Å²) < 4.78 is 12.4. The van der Waals surface area contributed by atoms with Gasteiger partial charge in [0.2, 0.25) is 0 Å². The van der Waals surface area contributed by atoms with Crippen LogP contribution in [0.15, 0.2) is 41.3 Å². The van der Waals surface area contributed by atoms with Gasteiger partial charge in [-0.3, -0.25) is 4.21 Å². The Hall–Kier alpha value is -1.32. The van der Waals surface area contributed by atoms with E-state index in [1.54, 1.807) is 18.2 Å². The highest BCUT2D eigenvalue weighted by molar-refractivity contribution is 7.84. The van der Waals surface area contributed by atoms with Gasteiger partial charge < -0.3 is 5.73 Å². The maximum atomic E-state index is 12.4. The summed E-state index contributed by atoms with van der Waals surface area (Å²) in [5.41, 5.74) is 9.84. The van der Waals surface area contributed by atoms with E-state index in [1.165, 1.54) is 11.1 Å². The van der Waals surface area contributed by atoms with Gasteiger partial charge in [0.1, 0.15) is 0 Å². The summed E-state index contributed by atoms with van der Waals surface area (Å²) in [6, 6.07) is 11.2. The third-order valence-electron chi connectivity index (χ3n) is 3.09. The van der Waals surface area contributed by atoms with Crippen LogP contribution in [0.3, 0.4) is 0 Å². The van der Waals surface area contributed by atoms with Crippen LogP contribution in [0, 0.1) is 13.8 Å². The second kappa shape index (κ2) is 5.76. The van der Waals surface area contributed by atoms with E-state index in [2.05, 4.69) is 19.9 Å². The van der Waals surface area contributed by atoms with Crippen molar-refractivity contribution in [2.75, 3.05) is 5.73 Å². The summed E-state index contributed by atoms with van der Waals surface area (Å²) in [6.45, 7) is 4.11. The summed E-state index contributed by atoms with van der Waals surface area (Å²) in [7, 11) is -1.18. The van der Waals surface area contributed by atoms with Gasteiger partial charge in [0.15, 0.2) is 0 Å². The van der Waals surface area contributed by atoms with Crippen molar-refractivity contribution in [3.8, 4) is 0 Å². The molecule has 2 N–H and O–H groups in total. The van der Waals surface area contributed by atoms with E-state index in [1.807, 2.05) is 12.1 Å². The van der Waals surface area contributed by atoms with Crippen LogP contribution >= 0.6 is 11.6 Å². The van der Waals surface area contributed by atoms with Crippen LogP contribution in [-0.2, 0) is 16.6 Å². The number of aryl methyl sites for hydroxylation is 2. The van der Waals surface area contributed by atoms with E-state index in [9.17, 15) is 4.21 Å². The van der Waals surface area contributed by atoms with Gasteiger partial charge in [-0.2, -0.15) is 0 Å². The topological polar surface area (TPSA) is 43.1 Å². The Kier molecular flexibility index (Phi) is 4.27. The van der Waals surface area contributed by atoms with Crippen molar-refractivity contribution in [2.24, 2.45) is 0 Å². The molecule has 0 amide bonds. The average Bonchev–Trinajstić information content (AvgIpc) is 2.36. The van der Waals surface area contributed by atoms with E-state index in [0.717, 1.165) is 5.56 Å². The Morgan fingerprint density at radius 2 is 1.84 bits per heavy atom. The third-order valence-corrected chi connectivity index (χ3v) is 4.76. The second-order valence-electron chi connectivity index (χ2n) is 4.59. The Morgan fingerprint density at radius 1 is 1.11 bits per heavy atom. The highest BCUT2D eigenvalue weighted by atomic mass is 35.5. The Bertz CT molecular complexity index is 640. The van der Waals surface area contributed by atoms with Gasteiger partial charge in [0.25, 0.3) is 0 Å². The lowest BCUT2D eigenvalue weighted by atomic mass is 10.1. The number of rotatable bonds is 3. The van der Waals surface area contributed by atoms with Crippen molar-refractivity contribution in [3.63, 3.8) is 0 Å². The summed E-state index contributed by atoms with van der Waals surface area (Å²) >= 11 is 5.92. The van der Waals surface area contributed by atoms with E-state index in [0.29, 0.717) is 21.4 Å². The zero-order valence-electron chi connectivity index (χ0n) is 10.9. The Balaban J connectivity index is 2.25. The van der Waals surface area contributed by atoms with Gasteiger partial charge in [0, 0.05) is 10.7 Å². The fourth-order valence-corrected chi connectivity index (χ4v) is 3.29. The maximum absolute atomic E-state index is 12.4. The zero-order chi connectivity index (χ0) is 14.0. The molecule has 100 valence electrons. The molecule has 0 aliphatic carbocycles. The van der Waals surface area contributed by atoms with Crippen molar-refractivity contribution in [2.45, 2.75) is 24.5 Å². The van der Waals surface area contributed by atoms with Crippen molar-refractivity contribution in [1.29, 1.82) is 0 Å². The highest BCUT2D eigenvalue weighted by Crippen LogP contribution is 2.23. The van der Waals surface area contributed by atoms with Gasteiger partial charge in [-0.15, -0.1) is 0 Å². The highest BCUT2D eigenvalue weighted by Gasteiger charge is 2.10. The largest absolute Gasteiger partial charge is 0.398 e. The molecule has 2 aromatic carbocycles. The van der Waals surface area contributed by atoms with Crippen LogP contribution in [0.25, 0.3) is 0 Å². The molecule has 4 heteroatoms. The first-order valence-electron chi connectivity index (χ1n) is 5.97. The number of nitrogens with two attached hydrogens (primary N) is 1. The quantitative estimate of drug-likeness (QED) is 0.874. The maximum Gasteiger partial charge on any atom is 0.0635 e. The monoisotopic (exact) mass is 293 g/mol. The Morgan fingerprint density at radius 3 is 2.53 bits per heavy atom. The minimum atomic E-state index is -1.18. The van der Waals surface area contributed by atoms with Crippen LogP contribution < -0.4 is 5.73 Å². The van der Waals surface area contributed by atoms with Crippen LogP contribution in [0.2, 0.25) is 5.02 Å². The van der Waals surface area contributed by atoms with Crippen molar-refractivity contribution in [1.82, 2.24) is 0 Å². The lowest BCUT2D eigenvalue weighted by molar-refractivity contribution is 0.683. The number of anilines is 1. The lowest BCUT2D eigenvalue weighted by Gasteiger charge is -2.08. The smallest absolute Gasteiger partial charge is 0.0635 e. The predicted octanol–water partition coefficient (Wildman–Crippen LogP) is 3.85. The first kappa shape index (κ1) is 14.1. The molecule has 2 nitrogen and oxygen atoms in total. The zero-order valence-corrected chi connectivity index (χ0v) is 12.5. The minimum absolute atomic E-state index is 0.450. The molecule has 0 aliphatic rings. The fraction of sp³-hybridized carbons (Fsp3) is 0.200. The van der Waals surface area contributed by atoms with Crippen LogP contribution in [-0.4, -0.2) is 4.21 Å². The fourth-order valence-electron chi connectivity index (χ4n) is 1.83. The molecule has 0 heterocycles. The lowest BCUT2D eigenvalue weighted by Crippen LogP contribution is -2.01. The first-order valence-corrected chi connectivity index (χ1v) is 7.66. The van der Waals surface area contributed by atoms with E-state index >= 15 is 0 Å². The summed E-state index contributed by atoms with van der Waals surface area (Å²) in [5.74, 6) is 0.450. The normalized spacial score (nSPS) is 12.4. The molecule has 0 saturated heterocycles. The molecule has 1 unspecified atom stereocenters. The number of halogens is 1. The van der Waals surface area contributed by atoms with Gasteiger partial charge in [0.05, 0.1) is 21.4 Å². The minimum Gasteiger partial charge on any atom is -0.398 e. The van der Waals surface area contributed by atoms with E-state index in [4.69, 9.17) is 17.3 Å². The summed E-state index contributed by atoms with van der Waals surface area (Å²) in [6.07, 6.45) is 0. The van der Waals surface area contributed by atoms with Crippen molar-refractivity contribution in [3.05, 3.63) is 58.1 Å². The molecule has 2 aromatic rings. The molecule has 19 heavy (non-hydrogen) atoms. The average molecular weight is 294 g/mol. The van der Waals surface area contributed by atoms with Gasteiger partial charge in [-0.05, 0) is 48.7 Å². The molecule has 0 fully saturated rings. The molecule has 0 saturated carbocycles. The van der Waals surface area contributed by atoms with E-state index < -0.39 is 10.8 Å². The molecule has 2 rings (SSSR count). The second-order valence-corrected chi connectivity index (χ2v) is 6.45. The molecule has 0 radical (unpaired) electrons. The number of benzene rings is 2. The Labute approximate surface area is 121 Å². The molecule has 0 spiro atoms. The van der Waals surface area contributed by atoms with Gasteiger partial charge in [-0.25, -0.2) is 0 Å². The number of hydrogen-bond acceptors (Lipinski definition) is 2. The molecule has 0 aliphatic heterocycles. The van der Waals surface area contributed by atoms with Crippen LogP contribution in [0.4, 0.5) is 5.69 Å². The first-order chi connectivity index (χ1) is 8.97. The molecule has 1 atom stereocenters. The van der Waals surface area contributed by atoms with Crippen LogP contribution in [0.1, 0.15) is 16.7 Å². The SMILES string of the molecule is Cc1ccc(CS(=O)c2cc(Cl)ccc2N)cc1C. The van der Waals surface area contributed by atoms with Gasteiger partial charge >= 0.3 is 0 Å². The standard InChI is InChI=1S/C15H16ClNOS/c1-10-3-4-12(7-11(10)2)9-19(18)15-8-13(16)5-6-14(15)17/h3-8H,9,17H2,1-2H3. The van der Waals surface area contributed by atoms with Gasteiger partial charge in [-0.1, -0.05) is 29.8 Å².